The van der Waals surface area contributed by atoms with Crippen molar-refractivity contribution in [1.82, 2.24) is 9.88 Å². The molecule has 1 atom stereocenters. The summed E-state index contributed by atoms with van der Waals surface area (Å²) < 4.78 is 10.3. The molecule has 7 heteroatoms. The topological polar surface area (TPSA) is 92.6 Å². The van der Waals surface area contributed by atoms with Gasteiger partial charge in [0.1, 0.15) is 5.69 Å². The van der Waals surface area contributed by atoms with Gasteiger partial charge < -0.3 is 19.0 Å². The van der Waals surface area contributed by atoms with Crippen molar-refractivity contribution < 1.29 is 23.5 Å². The van der Waals surface area contributed by atoms with Crippen LogP contribution in [-0.4, -0.2) is 46.7 Å². The first kappa shape index (κ1) is 19.9. The van der Waals surface area contributed by atoms with Crippen molar-refractivity contribution in [2.24, 2.45) is 5.92 Å². The molecule has 2 heterocycles. The Hall–Kier alpha value is -2.83. The molecule has 1 amide bonds. The Kier molecular flexibility index (Phi) is 5.72. The smallest absolute Gasteiger partial charge is 0.355 e. The highest BCUT2D eigenvalue weighted by Crippen LogP contribution is 2.32. The third-order valence-electron chi connectivity index (χ3n) is 5.16. The van der Waals surface area contributed by atoms with Crippen molar-refractivity contribution in [2.75, 3.05) is 13.2 Å². The summed E-state index contributed by atoms with van der Waals surface area (Å²) in [6, 6.07) is 2.58. The lowest BCUT2D eigenvalue weighted by atomic mass is 9.99. The number of amides is 1. The average Bonchev–Trinajstić information content (AvgIpc) is 3.21. The van der Waals surface area contributed by atoms with Crippen molar-refractivity contribution in [3.63, 3.8) is 0 Å². The van der Waals surface area contributed by atoms with Gasteiger partial charge in [-0.3, -0.25) is 9.59 Å². The number of aromatic nitrogens is 1. The molecule has 3 rings (SSSR count). The largest absolute Gasteiger partial charge is 0.461 e. The number of ketones is 1. The minimum Gasteiger partial charge on any atom is -0.461 e. The van der Waals surface area contributed by atoms with E-state index in [9.17, 15) is 14.4 Å². The Morgan fingerprint density at radius 3 is 2.61 bits per heavy atom. The fourth-order valence-corrected chi connectivity index (χ4v) is 3.41. The molecule has 0 bridgehead atoms. The highest BCUT2D eigenvalue weighted by atomic mass is 16.5. The van der Waals surface area contributed by atoms with E-state index < -0.39 is 12.0 Å². The number of ether oxygens (including phenoxy) is 1. The van der Waals surface area contributed by atoms with Gasteiger partial charge in [-0.15, -0.1) is 0 Å². The number of H-pyrrole nitrogens is 1. The van der Waals surface area contributed by atoms with Crippen LogP contribution in [0.1, 0.15) is 69.3 Å². The molecule has 1 unspecified atom stereocenters. The fourth-order valence-electron chi connectivity index (χ4n) is 3.41. The van der Waals surface area contributed by atoms with E-state index in [1.165, 1.54) is 6.26 Å². The monoisotopic (exact) mass is 386 g/mol. The molecule has 28 heavy (non-hydrogen) atoms. The molecule has 0 spiro atoms. The van der Waals surface area contributed by atoms with E-state index in [2.05, 4.69) is 4.98 Å². The number of aryl methyl sites for hydroxylation is 1. The lowest BCUT2D eigenvalue weighted by Crippen LogP contribution is -2.44. The van der Waals surface area contributed by atoms with Crippen molar-refractivity contribution in [3.05, 3.63) is 46.7 Å². The van der Waals surface area contributed by atoms with Gasteiger partial charge in [0.15, 0.2) is 11.5 Å². The summed E-state index contributed by atoms with van der Waals surface area (Å²) in [7, 11) is 0. The minimum atomic E-state index is -0.679. The van der Waals surface area contributed by atoms with E-state index in [0.29, 0.717) is 29.3 Å². The molecular formula is C21H26N2O5. The van der Waals surface area contributed by atoms with Gasteiger partial charge in [0.05, 0.1) is 18.9 Å². The molecule has 0 aliphatic heterocycles. The molecule has 0 radical (unpaired) electrons. The van der Waals surface area contributed by atoms with Gasteiger partial charge in [-0.25, -0.2) is 4.79 Å². The molecule has 1 aliphatic rings. The van der Waals surface area contributed by atoms with Crippen LogP contribution in [-0.2, 0) is 4.74 Å². The number of nitrogens with one attached hydrogen (secondary N) is 1. The number of rotatable bonds is 8. The number of esters is 1. The standard InChI is InChI=1S/C21H26N2O5/c1-5-27-21(26)18-12(2)17(13(3)22-18)19(24)14(4)23(11-15-8-9-15)20(25)16-7-6-10-28-16/h6-7,10,14-15,22H,5,8-9,11H2,1-4H3. The van der Waals surface area contributed by atoms with Gasteiger partial charge >= 0.3 is 5.97 Å². The molecule has 1 fully saturated rings. The summed E-state index contributed by atoms with van der Waals surface area (Å²) in [6.45, 7) is 7.68. The van der Waals surface area contributed by atoms with Crippen LogP contribution in [0.5, 0.6) is 0 Å². The number of aromatic amines is 1. The summed E-state index contributed by atoms with van der Waals surface area (Å²) in [5.74, 6) is -0.361. The van der Waals surface area contributed by atoms with Crippen LogP contribution in [0.2, 0.25) is 0 Å². The molecule has 150 valence electrons. The third-order valence-corrected chi connectivity index (χ3v) is 5.16. The van der Waals surface area contributed by atoms with Crippen LogP contribution in [0.25, 0.3) is 0 Å². The Labute approximate surface area is 164 Å². The minimum absolute atomic E-state index is 0.206. The summed E-state index contributed by atoms with van der Waals surface area (Å²) >= 11 is 0. The number of carbonyl (C=O) groups is 3. The zero-order valence-corrected chi connectivity index (χ0v) is 16.7. The molecule has 1 aliphatic carbocycles. The highest BCUT2D eigenvalue weighted by molar-refractivity contribution is 6.07. The zero-order valence-electron chi connectivity index (χ0n) is 16.7. The zero-order chi connectivity index (χ0) is 20.4. The van der Waals surface area contributed by atoms with Crippen LogP contribution in [0.15, 0.2) is 22.8 Å². The maximum atomic E-state index is 13.3. The lowest BCUT2D eigenvalue weighted by Gasteiger charge is -2.28. The first-order valence-corrected chi connectivity index (χ1v) is 9.60. The van der Waals surface area contributed by atoms with Gasteiger partial charge in [0, 0.05) is 17.8 Å². The molecule has 2 aromatic rings. The summed E-state index contributed by atoms with van der Waals surface area (Å²) in [4.78, 5) is 42.9. The van der Waals surface area contributed by atoms with Crippen LogP contribution >= 0.6 is 0 Å². The predicted octanol–water partition coefficient (Wildman–Crippen LogP) is 3.52. The average molecular weight is 386 g/mol. The number of Topliss-reactive ketones (excluding diaryl/α,β-unsaturated/α-hetero) is 1. The molecular weight excluding hydrogens is 360 g/mol. The second-order valence-corrected chi connectivity index (χ2v) is 7.26. The van der Waals surface area contributed by atoms with Crippen molar-refractivity contribution in [3.8, 4) is 0 Å². The lowest BCUT2D eigenvalue weighted by molar-refractivity contribution is 0.0518. The molecule has 1 N–H and O–H groups in total. The van der Waals surface area contributed by atoms with Gasteiger partial charge in [0.2, 0.25) is 0 Å². The van der Waals surface area contributed by atoms with Crippen LogP contribution < -0.4 is 0 Å². The van der Waals surface area contributed by atoms with E-state index in [4.69, 9.17) is 9.15 Å². The van der Waals surface area contributed by atoms with E-state index in [-0.39, 0.29) is 29.8 Å². The summed E-state index contributed by atoms with van der Waals surface area (Å²) in [6.07, 6.45) is 3.55. The number of furan rings is 1. The third kappa shape index (κ3) is 3.88. The normalized spacial score (nSPS) is 14.6. The molecule has 7 nitrogen and oxygen atoms in total. The van der Waals surface area contributed by atoms with Crippen molar-refractivity contribution >= 4 is 17.7 Å². The van der Waals surface area contributed by atoms with Gasteiger partial charge in [-0.05, 0) is 64.2 Å². The first-order chi connectivity index (χ1) is 13.3. The second-order valence-electron chi connectivity index (χ2n) is 7.26. The maximum Gasteiger partial charge on any atom is 0.355 e. The van der Waals surface area contributed by atoms with E-state index in [0.717, 1.165) is 12.8 Å². The van der Waals surface area contributed by atoms with Crippen LogP contribution in [0.3, 0.4) is 0 Å². The van der Waals surface area contributed by atoms with Gasteiger partial charge in [-0.2, -0.15) is 0 Å². The van der Waals surface area contributed by atoms with Gasteiger partial charge in [-0.1, -0.05) is 0 Å². The molecule has 0 aromatic carbocycles. The quantitative estimate of drug-likeness (QED) is 0.553. The Bertz CT molecular complexity index is 877. The van der Waals surface area contributed by atoms with Gasteiger partial charge in [0.25, 0.3) is 5.91 Å². The van der Waals surface area contributed by atoms with Crippen molar-refractivity contribution in [1.29, 1.82) is 0 Å². The fraction of sp³-hybridized carbons (Fsp3) is 0.476. The van der Waals surface area contributed by atoms with Crippen LogP contribution in [0.4, 0.5) is 0 Å². The Morgan fingerprint density at radius 1 is 1.32 bits per heavy atom. The molecule has 1 saturated carbocycles. The molecule has 2 aromatic heterocycles. The Balaban J connectivity index is 1.89. The first-order valence-electron chi connectivity index (χ1n) is 9.60. The summed E-state index contributed by atoms with van der Waals surface area (Å²) in [5.41, 5.74) is 1.85. The Morgan fingerprint density at radius 2 is 2.04 bits per heavy atom. The number of hydrogen-bond acceptors (Lipinski definition) is 5. The van der Waals surface area contributed by atoms with E-state index in [1.807, 2.05) is 0 Å². The van der Waals surface area contributed by atoms with Crippen molar-refractivity contribution in [2.45, 2.75) is 46.6 Å². The summed E-state index contributed by atoms with van der Waals surface area (Å²) in [5, 5.41) is 0. The second kappa shape index (κ2) is 8.04. The highest BCUT2D eigenvalue weighted by Gasteiger charge is 2.36. The SMILES string of the molecule is CCOC(=O)c1[nH]c(C)c(C(=O)C(C)N(CC2CC2)C(=O)c2ccco2)c1C. The number of nitrogens with zero attached hydrogens (tertiary/aromatic N) is 1. The number of hydrogen-bond donors (Lipinski definition) is 1. The maximum absolute atomic E-state index is 13.3. The van der Waals surface area contributed by atoms with E-state index in [1.54, 1.807) is 44.7 Å². The predicted molar refractivity (Wildman–Crippen MR) is 102 cm³/mol. The molecule has 0 saturated heterocycles. The number of carbonyl (C=O) groups excluding carboxylic acids is 3. The van der Waals surface area contributed by atoms with Crippen LogP contribution in [0, 0.1) is 19.8 Å². The van der Waals surface area contributed by atoms with E-state index >= 15 is 0 Å².